The van der Waals surface area contributed by atoms with Gasteiger partial charge in [-0.1, -0.05) is 24.3 Å². The standard InChI is InChI=1S/C16H17N3O3/c1-10-5-3-4-6-13(10)11(2)18-16(20)12-7-8-14(17)15(9-12)19(21)22/h3-9,11H,17H2,1-2H3,(H,18,20). The molecule has 3 N–H and O–H groups in total. The van der Waals surface area contributed by atoms with Crippen LogP contribution in [0.5, 0.6) is 0 Å². The highest BCUT2D eigenvalue weighted by Gasteiger charge is 2.17. The Kier molecular flexibility index (Phi) is 4.41. The highest BCUT2D eigenvalue weighted by molar-refractivity contribution is 5.95. The Morgan fingerprint density at radius 2 is 1.95 bits per heavy atom. The van der Waals surface area contributed by atoms with Crippen LogP contribution >= 0.6 is 0 Å². The number of nitrogen functional groups attached to an aromatic ring is 1. The molecule has 0 heterocycles. The van der Waals surface area contributed by atoms with Crippen LogP contribution in [-0.4, -0.2) is 10.8 Å². The van der Waals surface area contributed by atoms with E-state index in [1.165, 1.54) is 18.2 Å². The summed E-state index contributed by atoms with van der Waals surface area (Å²) in [4.78, 5) is 22.5. The van der Waals surface area contributed by atoms with Crippen LogP contribution in [0.1, 0.15) is 34.5 Å². The quantitative estimate of drug-likeness (QED) is 0.515. The molecule has 0 fully saturated rings. The van der Waals surface area contributed by atoms with E-state index in [2.05, 4.69) is 5.32 Å². The number of rotatable bonds is 4. The number of anilines is 1. The van der Waals surface area contributed by atoms with E-state index in [1.807, 2.05) is 38.1 Å². The Bertz CT molecular complexity index is 728. The second kappa shape index (κ2) is 6.26. The zero-order valence-electron chi connectivity index (χ0n) is 12.4. The molecule has 114 valence electrons. The van der Waals surface area contributed by atoms with Crippen LogP contribution in [0.4, 0.5) is 11.4 Å². The number of nitrogens with one attached hydrogen (secondary N) is 1. The van der Waals surface area contributed by atoms with Crippen molar-refractivity contribution in [2.45, 2.75) is 19.9 Å². The summed E-state index contributed by atoms with van der Waals surface area (Å²) < 4.78 is 0. The predicted molar refractivity (Wildman–Crippen MR) is 84.6 cm³/mol. The molecular formula is C16H17N3O3. The number of nitrogens with zero attached hydrogens (tertiary/aromatic N) is 1. The molecule has 1 amide bonds. The van der Waals surface area contributed by atoms with Crippen molar-refractivity contribution in [3.05, 3.63) is 69.3 Å². The first-order valence-corrected chi connectivity index (χ1v) is 6.80. The Morgan fingerprint density at radius 3 is 2.59 bits per heavy atom. The van der Waals surface area contributed by atoms with E-state index in [0.717, 1.165) is 11.1 Å². The van der Waals surface area contributed by atoms with E-state index in [-0.39, 0.29) is 28.9 Å². The molecule has 0 aliphatic rings. The molecule has 0 saturated heterocycles. The lowest BCUT2D eigenvalue weighted by Gasteiger charge is -2.16. The maximum absolute atomic E-state index is 12.3. The maximum atomic E-state index is 12.3. The lowest BCUT2D eigenvalue weighted by atomic mass is 10.0. The average molecular weight is 299 g/mol. The van der Waals surface area contributed by atoms with Gasteiger partial charge in [0.05, 0.1) is 11.0 Å². The number of nitro groups is 1. The number of amides is 1. The van der Waals surface area contributed by atoms with Crippen LogP contribution in [0.2, 0.25) is 0 Å². The molecule has 0 saturated carbocycles. The predicted octanol–water partition coefficient (Wildman–Crippen LogP) is 2.98. The smallest absolute Gasteiger partial charge is 0.292 e. The highest BCUT2D eigenvalue weighted by Crippen LogP contribution is 2.23. The van der Waals surface area contributed by atoms with Gasteiger partial charge in [0.15, 0.2) is 0 Å². The molecule has 0 aromatic heterocycles. The number of carbonyl (C=O) groups excluding carboxylic acids is 1. The van der Waals surface area contributed by atoms with Crippen LogP contribution in [0.3, 0.4) is 0 Å². The third kappa shape index (κ3) is 3.22. The number of hydrogen-bond acceptors (Lipinski definition) is 4. The SMILES string of the molecule is Cc1ccccc1C(C)NC(=O)c1ccc(N)c([N+](=O)[O-])c1. The summed E-state index contributed by atoms with van der Waals surface area (Å²) in [6.07, 6.45) is 0. The molecule has 6 nitrogen and oxygen atoms in total. The Labute approximate surface area is 128 Å². The van der Waals surface area contributed by atoms with Crippen LogP contribution in [0.15, 0.2) is 42.5 Å². The van der Waals surface area contributed by atoms with Crippen molar-refractivity contribution >= 4 is 17.3 Å². The topological polar surface area (TPSA) is 98.3 Å². The van der Waals surface area contributed by atoms with Crippen molar-refractivity contribution < 1.29 is 9.72 Å². The van der Waals surface area contributed by atoms with Crippen molar-refractivity contribution in [1.29, 1.82) is 0 Å². The lowest BCUT2D eigenvalue weighted by molar-refractivity contribution is -0.383. The first-order valence-electron chi connectivity index (χ1n) is 6.80. The van der Waals surface area contributed by atoms with E-state index in [9.17, 15) is 14.9 Å². The summed E-state index contributed by atoms with van der Waals surface area (Å²) >= 11 is 0. The molecule has 2 aromatic rings. The van der Waals surface area contributed by atoms with Gasteiger partial charge in [0.25, 0.3) is 11.6 Å². The summed E-state index contributed by atoms with van der Waals surface area (Å²) in [5.74, 6) is -0.376. The number of nitrogens with two attached hydrogens (primary N) is 1. The first kappa shape index (κ1) is 15.5. The summed E-state index contributed by atoms with van der Waals surface area (Å²) in [5.41, 5.74) is 7.58. The fourth-order valence-corrected chi connectivity index (χ4v) is 2.27. The summed E-state index contributed by atoms with van der Waals surface area (Å²) in [7, 11) is 0. The first-order chi connectivity index (χ1) is 10.4. The third-order valence-corrected chi connectivity index (χ3v) is 3.49. The molecule has 0 aliphatic carbocycles. The zero-order valence-corrected chi connectivity index (χ0v) is 12.4. The van der Waals surface area contributed by atoms with Crippen LogP contribution in [0, 0.1) is 17.0 Å². The van der Waals surface area contributed by atoms with Gasteiger partial charge in [-0.25, -0.2) is 0 Å². The normalized spacial score (nSPS) is 11.7. The minimum absolute atomic E-state index is 0.0357. The number of nitro benzene ring substituents is 1. The molecule has 1 unspecified atom stereocenters. The molecule has 1 atom stereocenters. The second-order valence-electron chi connectivity index (χ2n) is 5.08. The fraction of sp³-hybridized carbons (Fsp3) is 0.188. The van der Waals surface area contributed by atoms with E-state index in [1.54, 1.807) is 0 Å². The van der Waals surface area contributed by atoms with Crippen molar-refractivity contribution in [1.82, 2.24) is 5.32 Å². The monoisotopic (exact) mass is 299 g/mol. The molecule has 0 aliphatic heterocycles. The Hall–Kier alpha value is -2.89. The molecule has 0 radical (unpaired) electrons. The van der Waals surface area contributed by atoms with Crippen LogP contribution in [0.25, 0.3) is 0 Å². The summed E-state index contributed by atoms with van der Waals surface area (Å²) in [6.45, 7) is 3.83. The summed E-state index contributed by atoms with van der Waals surface area (Å²) in [6, 6.07) is 11.6. The lowest BCUT2D eigenvalue weighted by Crippen LogP contribution is -2.27. The van der Waals surface area contributed by atoms with Gasteiger partial charge >= 0.3 is 0 Å². The minimum Gasteiger partial charge on any atom is -0.393 e. The summed E-state index contributed by atoms with van der Waals surface area (Å²) in [5, 5.41) is 13.7. The van der Waals surface area contributed by atoms with E-state index < -0.39 is 4.92 Å². The molecule has 6 heteroatoms. The Balaban J connectivity index is 2.21. The molecule has 0 spiro atoms. The largest absolute Gasteiger partial charge is 0.393 e. The van der Waals surface area contributed by atoms with E-state index in [0.29, 0.717) is 0 Å². The Morgan fingerprint density at radius 1 is 1.27 bits per heavy atom. The van der Waals surface area contributed by atoms with Crippen LogP contribution < -0.4 is 11.1 Å². The van der Waals surface area contributed by atoms with Gasteiger partial charge in [0, 0.05) is 11.6 Å². The zero-order chi connectivity index (χ0) is 16.3. The minimum atomic E-state index is -0.600. The van der Waals surface area contributed by atoms with Gasteiger partial charge in [0.1, 0.15) is 5.69 Å². The maximum Gasteiger partial charge on any atom is 0.292 e. The van der Waals surface area contributed by atoms with Crippen molar-refractivity contribution in [3.63, 3.8) is 0 Å². The van der Waals surface area contributed by atoms with Gasteiger partial charge in [-0.3, -0.25) is 14.9 Å². The number of hydrogen-bond donors (Lipinski definition) is 2. The molecule has 2 rings (SSSR count). The second-order valence-corrected chi connectivity index (χ2v) is 5.08. The van der Waals surface area contributed by atoms with E-state index >= 15 is 0 Å². The number of carbonyl (C=O) groups is 1. The van der Waals surface area contributed by atoms with Crippen molar-refractivity contribution in [2.24, 2.45) is 0 Å². The van der Waals surface area contributed by atoms with Gasteiger partial charge in [-0.05, 0) is 37.1 Å². The fourth-order valence-electron chi connectivity index (χ4n) is 2.27. The van der Waals surface area contributed by atoms with Crippen LogP contribution in [-0.2, 0) is 0 Å². The van der Waals surface area contributed by atoms with Crippen molar-refractivity contribution in [3.8, 4) is 0 Å². The third-order valence-electron chi connectivity index (χ3n) is 3.49. The molecule has 2 aromatic carbocycles. The average Bonchev–Trinajstić information content (AvgIpc) is 2.47. The number of aryl methyl sites for hydroxylation is 1. The van der Waals surface area contributed by atoms with E-state index in [4.69, 9.17) is 5.73 Å². The van der Waals surface area contributed by atoms with Gasteiger partial charge in [-0.15, -0.1) is 0 Å². The van der Waals surface area contributed by atoms with Gasteiger partial charge < -0.3 is 11.1 Å². The van der Waals surface area contributed by atoms with Crippen molar-refractivity contribution in [2.75, 3.05) is 5.73 Å². The number of benzene rings is 2. The highest BCUT2D eigenvalue weighted by atomic mass is 16.6. The molecule has 22 heavy (non-hydrogen) atoms. The molecular weight excluding hydrogens is 282 g/mol. The van der Waals surface area contributed by atoms with Gasteiger partial charge in [0.2, 0.25) is 0 Å². The molecule has 0 bridgehead atoms. The van der Waals surface area contributed by atoms with Gasteiger partial charge in [-0.2, -0.15) is 0 Å².